The van der Waals surface area contributed by atoms with Crippen molar-refractivity contribution in [1.82, 2.24) is 0 Å². The second-order valence-electron chi connectivity index (χ2n) is 4.32. The number of allylic oxidation sites excluding steroid dienone is 1. The van der Waals surface area contributed by atoms with Crippen LogP contribution in [0.5, 0.6) is 0 Å². The molecule has 0 N–H and O–H groups in total. The Hall–Kier alpha value is -2.19. The molecule has 0 aliphatic rings. The van der Waals surface area contributed by atoms with Crippen LogP contribution in [0.3, 0.4) is 0 Å². The lowest BCUT2D eigenvalue weighted by Gasteiger charge is -2.00. The zero-order valence-corrected chi connectivity index (χ0v) is 11.1. The fourth-order valence-corrected chi connectivity index (χ4v) is 2.61. The van der Waals surface area contributed by atoms with Gasteiger partial charge >= 0.3 is 0 Å². The van der Waals surface area contributed by atoms with Crippen LogP contribution in [-0.2, 0) is 0 Å². The molecule has 0 bridgehead atoms. The van der Waals surface area contributed by atoms with Crippen LogP contribution in [0.15, 0.2) is 65.4 Å². The quantitative estimate of drug-likeness (QED) is 0.490. The first-order valence-electron chi connectivity index (χ1n) is 6.06. The van der Waals surface area contributed by atoms with Crippen LogP contribution in [0.4, 0.5) is 0 Å². The number of fused-ring (bicyclic) bond motifs is 1. The van der Waals surface area contributed by atoms with Crippen molar-refractivity contribution >= 4 is 34.0 Å². The standard InChI is InChI=1S/C17H12OS/c18-17(8-5-13-9-10-19-12-13)16-7-6-14-3-1-2-4-15(14)11-16/h1-12H. The molecule has 0 saturated heterocycles. The summed E-state index contributed by atoms with van der Waals surface area (Å²) in [5, 5.41) is 6.27. The monoisotopic (exact) mass is 264 g/mol. The molecule has 92 valence electrons. The van der Waals surface area contributed by atoms with E-state index in [1.807, 2.05) is 65.4 Å². The number of benzene rings is 2. The predicted octanol–water partition coefficient (Wildman–Crippen LogP) is 4.80. The third-order valence-electron chi connectivity index (χ3n) is 3.00. The van der Waals surface area contributed by atoms with Gasteiger partial charge in [-0.2, -0.15) is 11.3 Å². The van der Waals surface area contributed by atoms with Crippen molar-refractivity contribution in [3.05, 3.63) is 76.5 Å². The van der Waals surface area contributed by atoms with Gasteiger partial charge in [-0.15, -0.1) is 0 Å². The van der Waals surface area contributed by atoms with E-state index in [-0.39, 0.29) is 5.78 Å². The third kappa shape index (κ3) is 2.64. The molecule has 2 heteroatoms. The van der Waals surface area contributed by atoms with Crippen LogP contribution in [-0.4, -0.2) is 5.78 Å². The summed E-state index contributed by atoms with van der Waals surface area (Å²) in [6.07, 6.45) is 3.49. The highest BCUT2D eigenvalue weighted by Gasteiger charge is 2.02. The van der Waals surface area contributed by atoms with Gasteiger partial charge in [0.25, 0.3) is 0 Å². The Morgan fingerprint density at radius 3 is 2.63 bits per heavy atom. The summed E-state index contributed by atoms with van der Waals surface area (Å²) in [5.41, 5.74) is 1.80. The van der Waals surface area contributed by atoms with Crippen molar-refractivity contribution in [2.45, 2.75) is 0 Å². The van der Waals surface area contributed by atoms with E-state index < -0.39 is 0 Å². The van der Waals surface area contributed by atoms with Gasteiger partial charge < -0.3 is 0 Å². The summed E-state index contributed by atoms with van der Waals surface area (Å²) >= 11 is 1.63. The summed E-state index contributed by atoms with van der Waals surface area (Å²) in [4.78, 5) is 12.1. The molecule has 1 nitrogen and oxygen atoms in total. The summed E-state index contributed by atoms with van der Waals surface area (Å²) in [5.74, 6) is 0.0388. The zero-order valence-electron chi connectivity index (χ0n) is 10.2. The van der Waals surface area contributed by atoms with Gasteiger partial charge in [-0.3, -0.25) is 4.79 Å². The Labute approximate surface area is 115 Å². The summed E-state index contributed by atoms with van der Waals surface area (Å²) in [6, 6.07) is 15.9. The van der Waals surface area contributed by atoms with Crippen molar-refractivity contribution < 1.29 is 4.79 Å². The first-order valence-corrected chi connectivity index (χ1v) is 7.01. The first kappa shape index (κ1) is 11.9. The molecule has 0 aliphatic heterocycles. The Morgan fingerprint density at radius 1 is 1.00 bits per heavy atom. The lowest BCUT2D eigenvalue weighted by atomic mass is 10.0. The van der Waals surface area contributed by atoms with E-state index in [1.165, 1.54) is 0 Å². The smallest absolute Gasteiger partial charge is 0.185 e. The molecule has 3 aromatic rings. The lowest BCUT2D eigenvalue weighted by molar-refractivity contribution is 0.104. The van der Waals surface area contributed by atoms with Crippen LogP contribution < -0.4 is 0 Å². The summed E-state index contributed by atoms with van der Waals surface area (Å²) in [6.45, 7) is 0. The van der Waals surface area contributed by atoms with E-state index in [9.17, 15) is 4.79 Å². The van der Waals surface area contributed by atoms with Crippen molar-refractivity contribution in [3.63, 3.8) is 0 Å². The minimum atomic E-state index is 0.0388. The molecule has 0 fully saturated rings. The molecule has 3 rings (SSSR count). The number of hydrogen-bond donors (Lipinski definition) is 0. The molecule has 0 spiro atoms. The number of hydrogen-bond acceptors (Lipinski definition) is 2. The second kappa shape index (κ2) is 5.21. The van der Waals surface area contributed by atoms with E-state index in [1.54, 1.807) is 17.4 Å². The number of ketones is 1. The van der Waals surface area contributed by atoms with Crippen molar-refractivity contribution in [2.75, 3.05) is 0 Å². The molecule has 19 heavy (non-hydrogen) atoms. The molecule has 0 saturated carbocycles. The molecule has 1 aromatic heterocycles. The normalized spacial score (nSPS) is 11.2. The van der Waals surface area contributed by atoms with Crippen molar-refractivity contribution in [3.8, 4) is 0 Å². The maximum Gasteiger partial charge on any atom is 0.185 e. The van der Waals surface area contributed by atoms with E-state index in [2.05, 4.69) is 0 Å². The number of rotatable bonds is 3. The summed E-state index contributed by atoms with van der Waals surface area (Å²) in [7, 11) is 0. The second-order valence-corrected chi connectivity index (χ2v) is 5.10. The van der Waals surface area contributed by atoms with E-state index in [4.69, 9.17) is 0 Å². The van der Waals surface area contributed by atoms with Gasteiger partial charge in [-0.25, -0.2) is 0 Å². The van der Waals surface area contributed by atoms with Crippen LogP contribution >= 0.6 is 11.3 Å². The maximum atomic E-state index is 12.1. The highest BCUT2D eigenvalue weighted by Crippen LogP contribution is 2.16. The van der Waals surface area contributed by atoms with Crippen molar-refractivity contribution in [2.24, 2.45) is 0 Å². The van der Waals surface area contributed by atoms with Gasteiger partial charge in [-0.1, -0.05) is 42.5 Å². The van der Waals surface area contributed by atoms with Crippen LogP contribution in [0.25, 0.3) is 16.8 Å². The fraction of sp³-hybridized carbons (Fsp3) is 0. The van der Waals surface area contributed by atoms with Gasteiger partial charge in [0.05, 0.1) is 0 Å². The van der Waals surface area contributed by atoms with Gasteiger partial charge in [0.2, 0.25) is 0 Å². The number of carbonyl (C=O) groups excluding carboxylic acids is 1. The van der Waals surface area contributed by atoms with E-state index in [0.29, 0.717) is 0 Å². The van der Waals surface area contributed by atoms with Crippen molar-refractivity contribution in [1.29, 1.82) is 0 Å². The summed E-state index contributed by atoms with van der Waals surface area (Å²) < 4.78 is 0. The van der Waals surface area contributed by atoms with Crippen LogP contribution in [0.1, 0.15) is 15.9 Å². The lowest BCUT2D eigenvalue weighted by Crippen LogP contribution is -1.93. The molecule has 1 heterocycles. The van der Waals surface area contributed by atoms with Gasteiger partial charge in [0, 0.05) is 5.56 Å². The number of thiophene rings is 1. The highest BCUT2D eigenvalue weighted by atomic mass is 32.1. The van der Waals surface area contributed by atoms with Crippen LogP contribution in [0, 0.1) is 0 Å². The first-order chi connectivity index (χ1) is 9.33. The fourth-order valence-electron chi connectivity index (χ4n) is 1.98. The number of carbonyl (C=O) groups is 1. The van der Waals surface area contributed by atoms with Crippen LogP contribution in [0.2, 0.25) is 0 Å². The van der Waals surface area contributed by atoms with E-state index in [0.717, 1.165) is 21.9 Å². The van der Waals surface area contributed by atoms with E-state index >= 15 is 0 Å². The maximum absolute atomic E-state index is 12.1. The SMILES string of the molecule is O=C(C=Cc1ccsc1)c1ccc2ccccc2c1. The minimum Gasteiger partial charge on any atom is -0.289 e. The topological polar surface area (TPSA) is 17.1 Å². The molecule has 2 aromatic carbocycles. The average Bonchev–Trinajstić information content (AvgIpc) is 2.97. The molecule has 0 unspecified atom stereocenters. The Balaban J connectivity index is 1.89. The Kier molecular flexibility index (Phi) is 3.25. The molecule has 0 radical (unpaired) electrons. The third-order valence-corrected chi connectivity index (χ3v) is 3.71. The average molecular weight is 264 g/mol. The zero-order chi connectivity index (χ0) is 13.1. The Morgan fingerprint density at radius 2 is 1.84 bits per heavy atom. The predicted molar refractivity (Wildman–Crippen MR) is 81.6 cm³/mol. The largest absolute Gasteiger partial charge is 0.289 e. The molecule has 0 atom stereocenters. The highest BCUT2D eigenvalue weighted by molar-refractivity contribution is 7.08. The molecular weight excluding hydrogens is 252 g/mol. The van der Waals surface area contributed by atoms with Gasteiger partial charge in [0.1, 0.15) is 0 Å². The molecule has 0 aliphatic carbocycles. The molecular formula is C17H12OS. The van der Waals surface area contributed by atoms with Gasteiger partial charge in [-0.05, 0) is 45.3 Å². The molecule has 0 amide bonds. The minimum absolute atomic E-state index is 0.0388. The van der Waals surface area contributed by atoms with Gasteiger partial charge in [0.15, 0.2) is 5.78 Å². The Bertz CT molecular complexity index is 739.